The molecule has 0 aliphatic carbocycles. The van der Waals surface area contributed by atoms with Crippen LogP contribution in [0.1, 0.15) is 26.7 Å². The third-order valence-electron chi connectivity index (χ3n) is 2.22. The van der Waals surface area contributed by atoms with Gasteiger partial charge in [0, 0.05) is 13.2 Å². The number of esters is 1. The number of aliphatic hydroxyl groups is 1. The Hall–Kier alpha value is -1.17. The van der Waals surface area contributed by atoms with Crippen LogP contribution in [-0.2, 0) is 19.0 Å². The molecule has 5 nitrogen and oxygen atoms in total. The molecule has 110 valence electrons. The lowest BCUT2D eigenvalue weighted by atomic mass is 10.1. The Morgan fingerprint density at radius 2 is 2.05 bits per heavy atom. The molecule has 0 rings (SSSR count). The monoisotopic (exact) mass is 272 g/mol. The van der Waals surface area contributed by atoms with E-state index in [2.05, 4.69) is 0 Å². The van der Waals surface area contributed by atoms with Gasteiger partial charge in [0.25, 0.3) is 0 Å². The van der Waals surface area contributed by atoms with Crippen LogP contribution in [-0.4, -0.2) is 43.8 Å². The Labute approximate surface area is 114 Å². The quantitative estimate of drug-likeness (QED) is 0.284. The Morgan fingerprint density at radius 3 is 2.63 bits per heavy atom. The molecule has 0 unspecified atom stereocenters. The van der Waals surface area contributed by atoms with Crippen LogP contribution in [0.25, 0.3) is 0 Å². The lowest BCUT2D eigenvalue weighted by Crippen LogP contribution is -2.14. The van der Waals surface area contributed by atoms with E-state index < -0.39 is 0 Å². The topological polar surface area (TPSA) is 65.0 Å². The number of ether oxygens (including phenoxy) is 3. The van der Waals surface area contributed by atoms with E-state index in [9.17, 15) is 9.90 Å². The van der Waals surface area contributed by atoms with Gasteiger partial charge in [-0.15, -0.1) is 0 Å². The minimum absolute atomic E-state index is 0.151. The van der Waals surface area contributed by atoms with E-state index in [1.165, 1.54) is 6.08 Å². The number of carbonyl (C=O) groups excluding carboxylic acids is 1. The number of rotatable bonds is 10. The van der Waals surface area contributed by atoms with Crippen LogP contribution in [0.4, 0.5) is 0 Å². The van der Waals surface area contributed by atoms with Crippen LogP contribution < -0.4 is 0 Å². The predicted octanol–water partition coefficient (Wildman–Crippen LogP) is 1.81. The highest BCUT2D eigenvalue weighted by molar-refractivity contribution is 5.82. The Morgan fingerprint density at radius 1 is 1.32 bits per heavy atom. The van der Waals surface area contributed by atoms with Crippen LogP contribution in [0.5, 0.6) is 0 Å². The van der Waals surface area contributed by atoms with Crippen molar-refractivity contribution in [3.63, 3.8) is 0 Å². The predicted molar refractivity (Wildman–Crippen MR) is 72.6 cm³/mol. The summed E-state index contributed by atoms with van der Waals surface area (Å²) in [5.41, 5.74) is 0. The molecule has 0 saturated carbocycles. The van der Waals surface area contributed by atoms with Gasteiger partial charge >= 0.3 is 5.97 Å². The van der Waals surface area contributed by atoms with Crippen molar-refractivity contribution in [1.82, 2.24) is 0 Å². The molecule has 2 atom stereocenters. The van der Waals surface area contributed by atoms with Crippen molar-refractivity contribution in [1.29, 1.82) is 0 Å². The molecule has 0 heterocycles. The SMILES string of the molecule is CCOC(=O)/C=C\C=C\[C@@H](CC[C@@H](C)O)OCOC. The van der Waals surface area contributed by atoms with Gasteiger partial charge in [-0.25, -0.2) is 4.79 Å². The molecule has 19 heavy (non-hydrogen) atoms. The zero-order valence-electron chi connectivity index (χ0n) is 11.9. The Bertz CT molecular complexity index is 284. The van der Waals surface area contributed by atoms with Crippen LogP contribution >= 0.6 is 0 Å². The third kappa shape index (κ3) is 11.6. The summed E-state index contributed by atoms with van der Waals surface area (Å²) in [6.07, 6.45) is 7.30. The summed E-state index contributed by atoms with van der Waals surface area (Å²) in [4.78, 5) is 11.0. The average Bonchev–Trinajstić information content (AvgIpc) is 2.36. The fourth-order valence-electron chi connectivity index (χ4n) is 1.31. The fraction of sp³-hybridized carbons (Fsp3) is 0.643. The van der Waals surface area contributed by atoms with Gasteiger partial charge in [0.05, 0.1) is 18.8 Å². The van der Waals surface area contributed by atoms with E-state index in [1.54, 1.807) is 33.1 Å². The molecule has 0 saturated heterocycles. The summed E-state index contributed by atoms with van der Waals surface area (Å²) in [6.45, 7) is 4.04. The number of allylic oxidation sites excluding steroid dienone is 2. The van der Waals surface area contributed by atoms with E-state index in [-0.39, 0.29) is 25.0 Å². The van der Waals surface area contributed by atoms with Gasteiger partial charge in [0.1, 0.15) is 6.79 Å². The summed E-state index contributed by atoms with van der Waals surface area (Å²) in [7, 11) is 1.55. The van der Waals surface area contributed by atoms with E-state index in [0.29, 0.717) is 19.4 Å². The summed E-state index contributed by atoms with van der Waals surface area (Å²) >= 11 is 0. The lowest BCUT2D eigenvalue weighted by Gasteiger charge is -2.14. The lowest BCUT2D eigenvalue weighted by molar-refractivity contribution is -0.137. The van der Waals surface area contributed by atoms with E-state index in [4.69, 9.17) is 14.2 Å². The standard InChI is InChI=1S/C14H24O5/c1-4-18-14(16)8-6-5-7-13(19-11-17-3)10-9-12(2)15/h5-8,12-13,15H,4,9-11H2,1-3H3/b7-5+,8-6-/t12-,13+/m1/s1. The van der Waals surface area contributed by atoms with Gasteiger partial charge in [-0.3, -0.25) is 0 Å². The number of carbonyl (C=O) groups is 1. The number of hydrogen-bond donors (Lipinski definition) is 1. The third-order valence-corrected chi connectivity index (χ3v) is 2.22. The first-order valence-electron chi connectivity index (χ1n) is 6.40. The van der Waals surface area contributed by atoms with Crippen molar-refractivity contribution in [3.8, 4) is 0 Å². The molecule has 0 aliphatic rings. The minimum atomic E-state index is -0.370. The van der Waals surface area contributed by atoms with Gasteiger partial charge in [-0.2, -0.15) is 0 Å². The molecule has 0 fully saturated rings. The first-order chi connectivity index (χ1) is 9.10. The van der Waals surface area contributed by atoms with Crippen molar-refractivity contribution < 1.29 is 24.1 Å². The molecular weight excluding hydrogens is 248 g/mol. The Kier molecular flexibility index (Phi) is 11.2. The molecule has 5 heteroatoms. The molecule has 1 N–H and O–H groups in total. The number of hydrogen-bond acceptors (Lipinski definition) is 5. The van der Waals surface area contributed by atoms with Gasteiger partial charge in [0.15, 0.2) is 0 Å². The van der Waals surface area contributed by atoms with Gasteiger partial charge in [-0.05, 0) is 26.7 Å². The highest BCUT2D eigenvalue weighted by Gasteiger charge is 2.06. The normalized spacial score (nSPS) is 14.9. The minimum Gasteiger partial charge on any atom is -0.463 e. The maximum Gasteiger partial charge on any atom is 0.330 e. The van der Waals surface area contributed by atoms with E-state index in [1.807, 2.05) is 6.08 Å². The summed E-state index contributed by atoms with van der Waals surface area (Å²) in [5, 5.41) is 9.24. The van der Waals surface area contributed by atoms with Crippen LogP contribution in [0.3, 0.4) is 0 Å². The molecule has 0 aromatic heterocycles. The molecule has 0 aromatic carbocycles. The first kappa shape index (κ1) is 17.8. The van der Waals surface area contributed by atoms with Crippen molar-refractivity contribution in [2.75, 3.05) is 20.5 Å². The van der Waals surface area contributed by atoms with Gasteiger partial charge in [-0.1, -0.05) is 18.2 Å². The smallest absolute Gasteiger partial charge is 0.330 e. The van der Waals surface area contributed by atoms with Crippen LogP contribution in [0, 0.1) is 0 Å². The summed E-state index contributed by atoms with van der Waals surface area (Å²) in [6, 6.07) is 0. The second-order valence-electron chi connectivity index (χ2n) is 4.03. The first-order valence-corrected chi connectivity index (χ1v) is 6.40. The maximum absolute atomic E-state index is 11.0. The van der Waals surface area contributed by atoms with Crippen molar-refractivity contribution in [2.45, 2.75) is 38.9 Å². The zero-order valence-corrected chi connectivity index (χ0v) is 11.9. The van der Waals surface area contributed by atoms with Gasteiger partial charge < -0.3 is 19.3 Å². The fourth-order valence-corrected chi connectivity index (χ4v) is 1.31. The average molecular weight is 272 g/mol. The molecular formula is C14H24O5. The summed E-state index contributed by atoms with van der Waals surface area (Å²) < 4.78 is 15.0. The largest absolute Gasteiger partial charge is 0.463 e. The van der Waals surface area contributed by atoms with E-state index in [0.717, 1.165) is 0 Å². The molecule has 0 radical (unpaired) electrons. The van der Waals surface area contributed by atoms with Gasteiger partial charge in [0.2, 0.25) is 0 Å². The van der Waals surface area contributed by atoms with Crippen molar-refractivity contribution in [3.05, 3.63) is 24.3 Å². The Balaban J connectivity index is 4.16. The zero-order chi connectivity index (χ0) is 14.5. The molecule has 0 bridgehead atoms. The van der Waals surface area contributed by atoms with Crippen molar-refractivity contribution in [2.24, 2.45) is 0 Å². The van der Waals surface area contributed by atoms with E-state index >= 15 is 0 Å². The number of methoxy groups -OCH3 is 1. The van der Waals surface area contributed by atoms with Crippen LogP contribution in [0.2, 0.25) is 0 Å². The second kappa shape index (κ2) is 11.9. The summed E-state index contributed by atoms with van der Waals surface area (Å²) in [5.74, 6) is -0.370. The second-order valence-corrected chi connectivity index (χ2v) is 4.03. The number of aliphatic hydroxyl groups excluding tert-OH is 1. The van der Waals surface area contributed by atoms with Crippen molar-refractivity contribution >= 4 is 5.97 Å². The molecule has 0 spiro atoms. The highest BCUT2D eigenvalue weighted by atomic mass is 16.7. The molecule has 0 aliphatic heterocycles. The maximum atomic E-state index is 11.0. The molecule has 0 aromatic rings. The highest BCUT2D eigenvalue weighted by Crippen LogP contribution is 2.07. The van der Waals surface area contributed by atoms with Crippen LogP contribution in [0.15, 0.2) is 24.3 Å². The molecule has 0 amide bonds.